The van der Waals surface area contributed by atoms with E-state index in [1.165, 1.54) is 83.5 Å². The Bertz CT molecular complexity index is 892. The number of rotatable bonds is 19. The van der Waals surface area contributed by atoms with Gasteiger partial charge >= 0.3 is 0 Å². The first-order chi connectivity index (χ1) is 17.7. The number of amides is 2. The highest BCUT2D eigenvalue weighted by molar-refractivity contribution is 6.10. The molecule has 0 aliphatic heterocycles. The van der Waals surface area contributed by atoms with E-state index in [-0.39, 0.29) is 11.8 Å². The summed E-state index contributed by atoms with van der Waals surface area (Å²) in [6.07, 6.45) is 23.0. The van der Waals surface area contributed by atoms with Crippen LogP contribution in [0, 0.1) is 0 Å². The maximum atomic E-state index is 12.4. The van der Waals surface area contributed by atoms with E-state index in [1.54, 1.807) is 36.4 Å². The third-order valence-electron chi connectivity index (χ3n) is 6.41. The number of allylic oxidation sites excluding steroid dienone is 2. The van der Waals surface area contributed by atoms with Crippen LogP contribution in [0.1, 0.15) is 118 Å². The van der Waals surface area contributed by atoms with E-state index in [4.69, 9.17) is 0 Å². The fourth-order valence-corrected chi connectivity index (χ4v) is 4.21. The standard InChI is InChI=1S/C32H46N2O2/c1-2-3-4-5-6-7-8-9-10-11-12-13-14-15-16-20-26-33-30-25-21-24-29(27-30)32(36)34-31(35)28-22-18-17-19-23-28/h9-10,17-19,21-25,27,33H,2-8,11-16,20,26H2,1H3,(H,34,35,36)/b10-9+. The number of imide groups is 1. The summed E-state index contributed by atoms with van der Waals surface area (Å²) in [5.74, 6) is -0.770. The monoisotopic (exact) mass is 490 g/mol. The topological polar surface area (TPSA) is 58.2 Å². The highest BCUT2D eigenvalue weighted by atomic mass is 16.2. The van der Waals surface area contributed by atoms with Crippen molar-refractivity contribution in [1.82, 2.24) is 5.32 Å². The fraction of sp³-hybridized carbons (Fsp3) is 0.500. The van der Waals surface area contributed by atoms with Crippen LogP contribution in [0.4, 0.5) is 5.69 Å². The van der Waals surface area contributed by atoms with Crippen LogP contribution < -0.4 is 10.6 Å². The van der Waals surface area contributed by atoms with Gasteiger partial charge in [0, 0.05) is 23.4 Å². The van der Waals surface area contributed by atoms with Gasteiger partial charge in [-0.3, -0.25) is 14.9 Å². The van der Waals surface area contributed by atoms with Gasteiger partial charge < -0.3 is 5.32 Å². The molecule has 0 atom stereocenters. The Morgan fingerprint density at radius 2 is 1.19 bits per heavy atom. The van der Waals surface area contributed by atoms with Crippen molar-refractivity contribution in [3.63, 3.8) is 0 Å². The van der Waals surface area contributed by atoms with Crippen molar-refractivity contribution in [1.29, 1.82) is 0 Å². The second kappa shape index (κ2) is 19.3. The molecule has 0 aliphatic rings. The maximum Gasteiger partial charge on any atom is 0.258 e. The van der Waals surface area contributed by atoms with E-state index in [1.807, 2.05) is 18.2 Å². The van der Waals surface area contributed by atoms with E-state index in [2.05, 4.69) is 29.7 Å². The number of anilines is 1. The van der Waals surface area contributed by atoms with Crippen LogP contribution in [0.5, 0.6) is 0 Å². The van der Waals surface area contributed by atoms with Crippen molar-refractivity contribution in [3.8, 4) is 0 Å². The molecule has 4 heteroatoms. The molecule has 4 nitrogen and oxygen atoms in total. The summed E-state index contributed by atoms with van der Waals surface area (Å²) >= 11 is 0. The summed E-state index contributed by atoms with van der Waals surface area (Å²) in [5.41, 5.74) is 1.85. The predicted molar refractivity (Wildman–Crippen MR) is 153 cm³/mol. The van der Waals surface area contributed by atoms with Gasteiger partial charge in [-0.1, -0.05) is 101 Å². The lowest BCUT2D eigenvalue weighted by Crippen LogP contribution is -2.30. The average molecular weight is 491 g/mol. The number of carbonyl (C=O) groups is 2. The molecule has 0 heterocycles. The van der Waals surface area contributed by atoms with E-state index in [9.17, 15) is 9.59 Å². The largest absolute Gasteiger partial charge is 0.385 e. The summed E-state index contributed by atoms with van der Waals surface area (Å²) < 4.78 is 0. The molecule has 196 valence electrons. The first-order valence-corrected chi connectivity index (χ1v) is 14.1. The number of benzene rings is 2. The second-order valence-electron chi connectivity index (χ2n) is 9.59. The Labute approximate surface area is 219 Å². The lowest BCUT2D eigenvalue weighted by Gasteiger charge is -2.09. The van der Waals surface area contributed by atoms with Crippen LogP contribution >= 0.6 is 0 Å². The molecule has 0 aliphatic carbocycles. The zero-order valence-electron chi connectivity index (χ0n) is 22.3. The highest BCUT2D eigenvalue weighted by Gasteiger charge is 2.12. The maximum absolute atomic E-state index is 12.4. The van der Waals surface area contributed by atoms with E-state index >= 15 is 0 Å². The Kier molecular flexibility index (Phi) is 15.8. The summed E-state index contributed by atoms with van der Waals surface area (Å²) in [5, 5.41) is 5.86. The molecule has 2 N–H and O–H groups in total. The molecular weight excluding hydrogens is 444 g/mol. The first kappa shape index (κ1) is 29.4. The third-order valence-corrected chi connectivity index (χ3v) is 6.41. The second-order valence-corrected chi connectivity index (χ2v) is 9.59. The molecule has 0 spiro atoms. The molecule has 0 bridgehead atoms. The van der Waals surface area contributed by atoms with Gasteiger partial charge in [-0.05, 0) is 62.4 Å². The van der Waals surface area contributed by atoms with Gasteiger partial charge in [0.15, 0.2) is 0 Å². The average Bonchev–Trinajstić information content (AvgIpc) is 2.91. The molecule has 0 unspecified atom stereocenters. The van der Waals surface area contributed by atoms with Crippen molar-refractivity contribution >= 4 is 17.5 Å². The molecular formula is C32H46N2O2. The zero-order valence-corrected chi connectivity index (χ0v) is 22.3. The van der Waals surface area contributed by atoms with Crippen molar-refractivity contribution in [2.24, 2.45) is 0 Å². The Hall–Kier alpha value is -2.88. The van der Waals surface area contributed by atoms with E-state index in [0.717, 1.165) is 18.7 Å². The van der Waals surface area contributed by atoms with E-state index < -0.39 is 0 Å². The highest BCUT2D eigenvalue weighted by Crippen LogP contribution is 2.13. The smallest absolute Gasteiger partial charge is 0.258 e. The van der Waals surface area contributed by atoms with Crippen molar-refractivity contribution in [3.05, 3.63) is 77.9 Å². The normalized spacial score (nSPS) is 11.0. The summed E-state index contributed by atoms with van der Waals surface area (Å²) in [7, 11) is 0. The molecule has 2 aromatic carbocycles. The molecule has 2 aromatic rings. The van der Waals surface area contributed by atoms with Crippen molar-refractivity contribution in [2.45, 2.75) is 96.8 Å². The van der Waals surface area contributed by atoms with Gasteiger partial charge in [-0.25, -0.2) is 0 Å². The zero-order chi connectivity index (χ0) is 25.7. The summed E-state index contributed by atoms with van der Waals surface area (Å²) in [4.78, 5) is 24.7. The molecule has 36 heavy (non-hydrogen) atoms. The lowest BCUT2D eigenvalue weighted by molar-refractivity contribution is 0.0849. The van der Waals surface area contributed by atoms with Gasteiger partial charge in [0.05, 0.1) is 0 Å². The SMILES string of the molecule is CCCCCCCC/C=C/CCCCCCCCNc1cccc(C(=O)NC(=O)c2ccccc2)c1. The first-order valence-electron chi connectivity index (χ1n) is 14.1. The fourth-order valence-electron chi connectivity index (χ4n) is 4.21. The van der Waals surface area contributed by atoms with Crippen LogP contribution in [0.15, 0.2) is 66.7 Å². The molecule has 2 amide bonds. The van der Waals surface area contributed by atoms with Crippen molar-refractivity contribution in [2.75, 3.05) is 11.9 Å². The molecule has 2 rings (SSSR count). The number of carbonyl (C=O) groups excluding carboxylic acids is 2. The third kappa shape index (κ3) is 13.3. The minimum atomic E-state index is -0.386. The Balaban J connectivity index is 1.48. The predicted octanol–water partition coefficient (Wildman–Crippen LogP) is 8.71. The van der Waals surface area contributed by atoms with Crippen LogP contribution in [-0.4, -0.2) is 18.4 Å². The number of nitrogens with one attached hydrogen (secondary N) is 2. The van der Waals surface area contributed by atoms with Gasteiger partial charge in [0.1, 0.15) is 0 Å². The number of unbranched alkanes of at least 4 members (excludes halogenated alkanes) is 12. The Morgan fingerprint density at radius 1 is 0.639 bits per heavy atom. The van der Waals surface area contributed by atoms with Crippen LogP contribution in [-0.2, 0) is 0 Å². The van der Waals surface area contributed by atoms with E-state index in [0.29, 0.717) is 11.1 Å². The lowest BCUT2D eigenvalue weighted by atomic mass is 10.1. The van der Waals surface area contributed by atoms with Crippen molar-refractivity contribution < 1.29 is 9.59 Å². The molecule has 0 saturated heterocycles. The van der Waals surface area contributed by atoms with Gasteiger partial charge in [0.25, 0.3) is 11.8 Å². The summed E-state index contributed by atoms with van der Waals surface area (Å²) in [6, 6.07) is 16.1. The number of hydrogen-bond acceptors (Lipinski definition) is 3. The van der Waals surface area contributed by atoms with Crippen LogP contribution in [0.25, 0.3) is 0 Å². The quantitative estimate of drug-likeness (QED) is 0.118. The molecule has 0 saturated carbocycles. The molecule has 0 radical (unpaired) electrons. The molecule has 0 fully saturated rings. The minimum absolute atomic E-state index is 0.384. The minimum Gasteiger partial charge on any atom is -0.385 e. The van der Waals surface area contributed by atoms with Crippen LogP contribution in [0.2, 0.25) is 0 Å². The molecule has 0 aromatic heterocycles. The van der Waals surface area contributed by atoms with Gasteiger partial charge in [-0.15, -0.1) is 0 Å². The number of hydrogen-bond donors (Lipinski definition) is 2. The van der Waals surface area contributed by atoms with Gasteiger partial charge in [-0.2, -0.15) is 0 Å². The Morgan fingerprint density at radius 3 is 1.86 bits per heavy atom. The summed E-state index contributed by atoms with van der Waals surface area (Å²) in [6.45, 7) is 3.15. The van der Waals surface area contributed by atoms with Gasteiger partial charge in [0.2, 0.25) is 0 Å². The van der Waals surface area contributed by atoms with Crippen LogP contribution in [0.3, 0.4) is 0 Å².